The van der Waals surface area contributed by atoms with Gasteiger partial charge in [-0.05, 0) is 43.5 Å². The van der Waals surface area contributed by atoms with Gasteiger partial charge in [-0.15, -0.1) is 0 Å². The molecule has 0 spiro atoms. The van der Waals surface area contributed by atoms with Gasteiger partial charge >= 0.3 is 0 Å². The molecule has 2 fully saturated rings. The fourth-order valence-electron chi connectivity index (χ4n) is 3.82. The van der Waals surface area contributed by atoms with E-state index < -0.39 is 0 Å². The van der Waals surface area contributed by atoms with Gasteiger partial charge in [-0.3, -0.25) is 9.59 Å². The first-order valence-corrected chi connectivity index (χ1v) is 10.0. The van der Waals surface area contributed by atoms with Gasteiger partial charge in [-0.1, -0.05) is 6.07 Å². The first-order valence-electron chi connectivity index (χ1n) is 10.0. The van der Waals surface area contributed by atoms with Crippen LogP contribution in [0.15, 0.2) is 36.5 Å². The molecule has 29 heavy (non-hydrogen) atoms. The fraction of sp³-hybridized carbons (Fsp3) is 0.429. The lowest BCUT2D eigenvalue weighted by Gasteiger charge is -2.24. The average molecular weight is 399 g/mol. The van der Waals surface area contributed by atoms with E-state index in [-0.39, 0.29) is 26.5 Å². The van der Waals surface area contributed by atoms with E-state index in [1.165, 1.54) is 0 Å². The second-order valence-electron chi connectivity index (χ2n) is 7.31. The molecule has 0 aliphatic carbocycles. The van der Waals surface area contributed by atoms with Crippen molar-refractivity contribution >= 4 is 23.3 Å². The summed E-state index contributed by atoms with van der Waals surface area (Å²) in [5.74, 6) is 0.767. The van der Waals surface area contributed by atoms with Gasteiger partial charge in [0.25, 0.3) is 5.91 Å². The highest BCUT2D eigenvalue weighted by Crippen LogP contribution is 2.20. The summed E-state index contributed by atoms with van der Waals surface area (Å²) in [6.07, 6.45) is 3.86. The molecule has 2 aliphatic heterocycles. The molecule has 2 saturated heterocycles. The number of hydrogen-bond donors (Lipinski definition) is 1. The maximum absolute atomic E-state index is 12.8. The Morgan fingerprint density at radius 1 is 1.10 bits per heavy atom. The van der Waals surface area contributed by atoms with Crippen LogP contribution < -0.4 is 10.6 Å². The monoisotopic (exact) mass is 399 g/mol. The highest BCUT2D eigenvalue weighted by Gasteiger charge is 2.29. The number of amides is 1. The molecule has 1 amide bonds. The van der Waals surface area contributed by atoms with E-state index in [9.17, 15) is 9.59 Å². The van der Waals surface area contributed by atoms with Gasteiger partial charge in [0.1, 0.15) is 23.4 Å². The molecule has 8 heteroatoms. The maximum atomic E-state index is 12.8. The SMILES string of the molecule is Nc1ncccc1C(=O)c1cccc(N2CCCN(C(=O)C3CCCO3)CC2)n1.[HH].[HH]. The van der Waals surface area contributed by atoms with E-state index in [0.29, 0.717) is 37.5 Å². The molecule has 1 atom stereocenters. The highest BCUT2D eigenvalue weighted by atomic mass is 16.5. The third-order valence-electron chi connectivity index (χ3n) is 5.39. The number of ether oxygens (including phenoxy) is 1. The van der Waals surface area contributed by atoms with Crippen LogP contribution in [-0.4, -0.2) is 65.4 Å². The molecule has 0 radical (unpaired) electrons. The van der Waals surface area contributed by atoms with Crippen LogP contribution in [0.4, 0.5) is 11.6 Å². The molecule has 0 aromatic carbocycles. The summed E-state index contributed by atoms with van der Waals surface area (Å²) in [6, 6.07) is 8.73. The molecule has 2 aromatic heterocycles. The van der Waals surface area contributed by atoms with Crippen molar-refractivity contribution in [2.75, 3.05) is 43.4 Å². The molecule has 2 aromatic rings. The van der Waals surface area contributed by atoms with Crippen LogP contribution in [0.3, 0.4) is 0 Å². The number of pyridine rings is 2. The first kappa shape index (κ1) is 19.3. The Labute approximate surface area is 172 Å². The summed E-state index contributed by atoms with van der Waals surface area (Å²) in [5, 5.41) is 0. The van der Waals surface area contributed by atoms with E-state index >= 15 is 0 Å². The zero-order chi connectivity index (χ0) is 20.2. The van der Waals surface area contributed by atoms with Crippen molar-refractivity contribution in [1.29, 1.82) is 0 Å². The maximum Gasteiger partial charge on any atom is 0.251 e. The smallest absolute Gasteiger partial charge is 0.251 e. The Bertz CT molecular complexity index is 908. The Kier molecular flexibility index (Phi) is 5.71. The van der Waals surface area contributed by atoms with E-state index in [4.69, 9.17) is 10.5 Å². The molecule has 156 valence electrons. The lowest BCUT2D eigenvalue weighted by molar-refractivity contribution is -0.140. The van der Waals surface area contributed by atoms with E-state index in [1.807, 2.05) is 17.0 Å². The Balaban J connectivity index is 0.00000171. The zero-order valence-electron chi connectivity index (χ0n) is 16.3. The van der Waals surface area contributed by atoms with Crippen molar-refractivity contribution < 1.29 is 17.2 Å². The molecule has 0 bridgehead atoms. The second-order valence-corrected chi connectivity index (χ2v) is 7.31. The number of nitrogens with two attached hydrogens (primary N) is 1. The third-order valence-corrected chi connectivity index (χ3v) is 5.39. The van der Waals surface area contributed by atoms with Crippen LogP contribution in [0.2, 0.25) is 0 Å². The minimum Gasteiger partial charge on any atom is -0.383 e. The van der Waals surface area contributed by atoms with Crippen LogP contribution in [-0.2, 0) is 9.53 Å². The Hall–Kier alpha value is -3.00. The molecule has 0 saturated carbocycles. The van der Waals surface area contributed by atoms with Gasteiger partial charge in [-0.25, -0.2) is 9.97 Å². The molecule has 2 aliphatic rings. The topological polar surface area (TPSA) is 102 Å². The van der Waals surface area contributed by atoms with Gasteiger partial charge < -0.3 is 20.3 Å². The molecule has 1 unspecified atom stereocenters. The van der Waals surface area contributed by atoms with Crippen LogP contribution in [0, 0.1) is 0 Å². The molecule has 2 N–H and O–H groups in total. The molecule has 4 rings (SSSR count). The Morgan fingerprint density at radius 2 is 2.00 bits per heavy atom. The van der Waals surface area contributed by atoms with Crippen molar-refractivity contribution in [2.45, 2.75) is 25.4 Å². The number of hydrogen-bond acceptors (Lipinski definition) is 7. The highest BCUT2D eigenvalue weighted by molar-refractivity contribution is 6.10. The van der Waals surface area contributed by atoms with Crippen molar-refractivity contribution in [3.05, 3.63) is 47.8 Å². The number of anilines is 2. The van der Waals surface area contributed by atoms with Crippen molar-refractivity contribution in [2.24, 2.45) is 0 Å². The van der Waals surface area contributed by atoms with Gasteiger partial charge in [-0.2, -0.15) is 0 Å². The van der Waals surface area contributed by atoms with Gasteiger partial charge in [0, 0.05) is 41.8 Å². The fourth-order valence-corrected chi connectivity index (χ4v) is 3.82. The standard InChI is InChI=1S/C21H25N5O3.2H2/c22-20-15(5-2-9-23-20)19(27)16-6-1-8-18(24-16)25-10-4-11-26(13-12-25)21(28)17-7-3-14-29-17;;/h1-2,5-6,8-9,17H,3-4,7,10-14H2,(H2,22,23);2*1H. The number of carbonyl (C=O) groups is 2. The van der Waals surface area contributed by atoms with E-state index in [2.05, 4.69) is 14.9 Å². The number of aromatic nitrogens is 2. The molecular formula is C21H29N5O3. The minimum absolute atomic E-state index is 0. The second kappa shape index (κ2) is 8.57. The number of nitrogens with zero attached hydrogens (tertiary/aromatic N) is 4. The first-order chi connectivity index (χ1) is 14.1. The largest absolute Gasteiger partial charge is 0.383 e. The van der Waals surface area contributed by atoms with Crippen LogP contribution in [0.5, 0.6) is 0 Å². The van der Waals surface area contributed by atoms with Crippen LogP contribution >= 0.6 is 0 Å². The van der Waals surface area contributed by atoms with E-state index in [1.54, 1.807) is 24.4 Å². The van der Waals surface area contributed by atoms with Crippen molar-refractivity contribution in [3.8, 4) is 0 Å². The van der Waals surface area contributed by atoms with Crippen molar-refractivity contribution in [1.82, 2.24) is 14.9 Å². The molecular weight excluding hydrogens is 370 g/mol. The van der Waals surface area contributed by atoms with E-state index in [0.717, 1.165) is 31.6 Å². The minimum atomic E-state index is -0.287. The number of nitrogen functional groups attached to an aromatic ring is 1. The lowest BCUT2D eigenvalue weighted by atomic mass is 10.1. The van der Waals surface area contributed by atoms with Crippen LogP contribution in [0.25, 0.3) is 0 Å². The molecule has 4 heterocycles. The summed E-state index contributed by atoms with van der Waals surface area (Å²) in [4.78, 5) is 38.0. The zero-order valence-corrected chi connectivity index (χ0v) is 16.3. The lowest BCUT2D eigenvalue weighted by Crippen LogP contribution is -2.41. The summed E-state index contributed by atoms with van der Waals surface area (Å²) >= 11 is 0. The summed E-state index contributed by atoms with van der Waals surface area (Å²) < 4.78 is 5.54. The van der Waals surface area contributed by atoms with Gasteiger partial charge in [0.15, 0.2) is 0 Å². The van der Waals surface area contributed by atoms with Crippen LogP contribution in [0.1, 0.15) is 38.2 Å². The predicted molar refractivity (Wildman–Crippen MR) is 113 cm³/mol. The third kappa shape index (κ3) is 4.22. The number of rotatable bonds is 4. The van der Waals surface area contributed by atoms with Gasteiger partial charge in [0.2, 0.25) is 5.78 Å². The summed E-state index contributed by atoms with van der Waals surface area (Å²) in [6.45, 7) is 3.43. The summed E-state index contributed by atoms with van der Waals surface area (Å²) in [7, 11) is 0. The normalized spacial score (nSPS) is 19.8. The number of ketones is 1. The quantitative estimate of drug-likeness (QED) is 0.785. The summed E-state index contributed by atoms with van der Waals surface area (Å²) in [5.41, 5.74) is 6.52. The van der Waals surface area contributed by atoms with Crippen molar-refractivity contribution in [3.63, 3.8) is 0 Å². The van der Waals surface area contributed by atoms with Gasteiger partial charge in [0.05, 0.1) is 5.56 Å². The number of carbonyl (C=O) groups excluding carboxylic acids is 2. The average Bonchev–Trinajstić information content (AvgIpc) is 3.18. The predicted octanol–water partition coefficient (Wildman–Crippen LogP) is 2.00. The Morgan fingerprint density at radius 3 is 2.79 bits per heavy atom. The molecule has 8 nitrogen and oxygen atoms in total.